The van der Waals surface area contributed by atoms with E-state index in [9.17, 15) is 24.0 Å². The molecule has 280 valence electrons. The first kappa shape index (κ1) is 46.5. The molecule has 4 aliphatic rings. The third-order valence-electron chi connectivity index (χ3n) is 8.25. The van der Waals surface area contributed by atoms with Crippen molar-refractivity contribution in [3.63, 3.8) is 0 Å². The zero-order valence-electron chi connectivity index (χ0n) is 28.9. The van der Waals surface area contributed by atoms with Crippen LogP contribution in [-0.2, 0) is 64.6 Å². The zero-order chi connectivity index (χ0) is 38.0. The molecule has 0 atom stereocenters. The summed E-state index contributed by atoms with van der Waals surface area (Å²) in [5.41, 5.74) is 1.53. The van der Waals surface area contributed by atoms with Crippen LogP contribution in [0.3, 0.4) is 0 Å². The van der Waals surface area contributed by atoms with E-state index in [0.717, 1.165) is 71.5 Å². The number of hydrogen-bond acceptors (Lipinski definition) is 13. The number of carbonyl (C=O) groups is 5. The van der Waals surface area contributed by atoms with Crippen LogP contribution in [0.5, 0.6) is 0 Å². The number of esters is 4. The predicted octanol–water partition coefficient (Wildman–Crippen LogP) is 6.40. The predicted molar refractivity (Wildman–Crippen MR) is 184 cm³/mol. The molecule has 4 rings (SSSR count). The van der Waals surface area contributed by atoms with Crippen molar-refractivity contribution in [1.29, 1.82) is 10.6 Å². The van der Waals surface area contributed by atoms with Crippen LogP contribution in [0.2, 0.25) is 0 Å². The molecule has 4 aliphatic carbocycles. The van der Waals surface area contributed by atoms with Crippen molar-refractivity contribution in [3.05, 3.63) is 11.1 Å². The summed E-state index contributed by atoms with van der Waals surface area (Å²) >= 11 is -3.11. The summed E-state index contributed by atoms with van der Waals surface area (Å²) in [7, 11) is 22.0. The Morgan fingerprint density at radius 2 is 1.02 bits per heavy atom. The Hall–Kier alpha value is -1.51. The molecular weight excluding hydrogens is 776 g/mol. The quantitative estimate of drug-likeness (QED) is 0.0493. The molecule has 2 spiro atoms. The fourth-order valence-electron chi connectivity index (χ4n) is 6.65. The number of ketones is 1. The first-order chi connectivity index (χ1) is 23.5. The Morgan fingerprint density at radius 1 is 0.680 bits per heavy atom. The summed E-state index contributed by atoms with van der Waals surface area (Å²) < 4.78 is 28.9. The van der Waals surface area contributed by atoms with Gasteiger partial charge in [0.25, 0.3) is 0 Å². The fraction of sp³-hybridized carbons (Fsp3) is 0.767. The molecule has 0 unspecified atom stereocenters. The summed E-state index contributed by atoms with van der Waals surface area (Å²) in [6, 6.07) is 0. The van der Waals surface area contributed by atoms with Gasteiger partial charge in [-0.25, -0.2) is 0 Å². The van der Waals surface area contributed by atoms with E-state index in [4.69, 9.17) is 66.6 Å². The number of nitrogens with one attached hydrogen (secondary N) is 2. The Kier molecular flexibility index (Phi) is 21.6. The molecule has 4 saturated carbocycles. The molecule has 2 N–H and O–H groups in total. The molecular formula is C30H46B2Cl4N2O11Ti. The number of allylic oxidation sites excluding steroid dienone is 1. The van der Waals surface area contributed by atoms with E-state index >= 15 is 0 Å². The van der Waals surface area contributed by atoms with Gasteiger partial charge in [0.2, 0.25) is 0 Å². The van der Waals surface area contributed by atoms with Gasteiger partial charge in [-0.3, -0.25) is 9.59 Å². The number of Topliss-reactive ketones (excluding diaryl/α,β-unsaturated/α-hetero) is 1. The number of carbonyl (C=O) groups excluding carboxylic acids is 5. The molecule has 0 aromatic carbocycles. The molecule has 13 nitrogen and oxygen atoms in total. The van der Waals surface area contributed by atoms with Crippen LogP contribution in [0.1, 0.15) is 85.5 Å². The second-order valence-electron chi connectivity index (χ2n) is 12.3. The van der Waals surface area contributed by atoms with Crippen molar-refractivity contribution in [1.82, 2.24) is 0 Å². The molecule has 0 saturated heterocycles. The first-order valence-corrected chi connectivity index (χ1v) is 24.9. The van der Waals surface area contributed by atoms with Crippen molar-refractivity contribution < 1.29 is 64.6 Å². The second kappa shape index (κ2) is 23.2. The Balaban J connectivity index is 0.000000377. The molecule has 0 heterocycles. The maximum atomic E-state index is 12.0. The fourth-order valence-corrected chi connectivity index (χ4v) is 6.65. The molecule has 0 aromatic heterocycles. The van der Waals surface area contributed by atoms with Gasteiger partial charge in [0.15, 0.2) is 0 Å². The van der Waals surface area contributed by atoms with Crippen LogP contribution in [0.4, 0.5) is 0 Å². The number of ether oxygens (including phenoxy) is 4. The third-order valence-corrected chi connectivity index (χ3v) is 8.25. The molecule has 0 aliphatic heterocycles. The van der Waals surface area contributed by atoms with E-state index < -0.39 is 36.2 Å². The van der Waals surface area contributed by atoms with Crippen LogP contribution in [0.15, 0.2) is 11.1 Å². The standard InChI is InChI=1S/C15H22BNO5.C8H12BNO2.C7H12O4.4ClH.Ti/c1-3-20-13(18)12(14(19)21-4-2)11-7-15(8-11)5-10(6-15)9-22-16-17;10-9-12-5-6-1-8(2-6)3-7(11)4-8;1-3-10-6(8)5-7(9)11-4-2;;;;;/h10,17H,3-9H2,1-2H3;6,10H,1-5H2;3-5H2,1-2H3;4*1H;/q;;;;;;;+4/p-4. The normalized spacial score (nSPS) is 20.6. The molecule has 20 heteroatoms. The number of hydrogen-bond donors (Lipinski definition) is 2. The average Bonchev–Trinajstić information content (AvgIpc) is 2.93. The van der Waals surface area contributed by atoms with Crippen molar-refractivity contribution in [2.45, 2.75) is 85.5 Å². The molecule has 0 aromatic rings. The van der Waals surface area contributed by atoms with Crippen molar-refractivity contribution in [2.24, 2.45) is 22.7 Å². The second-order valence-corrected chi connectivity index (χ2v) is 27.8. The molecule has 4 fully saturated rings. The van der Waals surface area contributed by atoms with Crippen molar-refractivity contribution in [2.75, 3.05) is 39.6 Å². The SMILES string of the molecule is CCOC(=O)C(C(=O)OCC)=C1CC2(C1)CC(COB=N)C2.CCOC(=O)CC(=O)OCC.N=BOCC1CC2(CC(=O)C2)C1.[Cl][Ti]([Cl])([Cl])[Cl]. The minimum atomic E-state index is -3.11. The van der Waals surface area contributed by atoms with Crippen LogP contribution < -0.4 is 0 Å². The van der Waals surface area contributed by atoms with Crippen molar-refractivity contribution in [3.8, 4) is 0 Å². The number of halogens is 4. The summed E-state index contributed by atoms with van der Waals surface area (Å²) in [6.07, 6.45) is 7.11. The summed E-state index contributed by atoms with van der Waals surface area (Å²) in [6.45, 7) is 9.10. The molecule has 0 radical (unpaired) electrons. The Bertz CT molecular complexity index is 1170. The zero-order valence-corrected chi connectivity index (χ0v) is 33.5. The monoisotopic (exact) mass is 820 g/mol. The van der Waals surface area contributed by atoms with E-state index in [0.29, 0.717) is 36.2 Å². The van der Waals surface area contributed by atoms with Crippen molar-refractivity contribution >= 4 is 81.4 Å². The summed E-state index contributed by atoms with van der Waals surface area (Å²) in [4.78, 5) is 56.0. The molecule has 0 amide bonds. The third kappa shape index (κ3) is 17.3. The van der Waals surface area contributed by atoms with E-state index in [1.165, 1.54) is 0 Å². The van der Waals surface area contributed by atoms with Gasteiger partial charge >= 0.3 is 263 Å². The maximum absolute atomic E-state index is 12.0. The van der Waals surface area contributed by atoms with E-state index in [1.807, 2.05) is 0 Å². The van der Waals surface area contributed by atoms with Gasteiger partial charge in [0, 0.05) is 0 Å². The van der Waals surface area contributed by atoms with E-state index in [1.54, 1.807) is 27.7 Å². The van der Waals surface area contributed by atoms with Crippen LogP contribution >= 0.6 is 37.2 Å². The average molecular weight is 822 g/mol. The first-order valence-electron chi connectivity index (χ1n) is 16.4. The number of rotatable bonds is 14. The van der Waals surface area contributed by atoms with Crippen LogP contribution in [0, 0.1) is 33.3 Å². The Labute approximate surface area is 313 Å². The van der Waals surface area contributed by atoms with Gasteiger partial charge in [0.05, 0.1) is 13.2 Å². The van der Waals surface area contributed by atoms with Gasteiger partial charge in [-0.15, -0.1) is 0 Å². The summed E-state index contributed by atoms with van der Waals surface area (Å²) in [5, 5.41) is 13.5. The van der Waals surface area contributed by atoms with Crippen LogP contribution in [0.25, 0.3) is 0 Å². The molecule has 0 bridgehead atoms. The van der Waals surface area contributed by atoms with Gasteiger partial charge in [0.1, 0.15) is 6.42 Å². The van der Waals surface area contributed by atoms with E-state index in [2.05, 4.69) is 9.47 Å². The van der Waals surface area contributed by atoms with Gasteiger partial charge in [-0.05, 0) is 13.8 Å². The Morgan fingerprint density at radius 3 is 1.32 bits per heavy atom. The van der Waals surface area contributed by atoms with Gasteiger partial charge in [-0.2, -0.15) is 0 Å². The van der Waals surface area contributed by atoms with Gasteiger partial charge < -0.3 is 9.47 Å². The van der Waals surface area contributed by atoms with Gasteiger partial charge in [-0.1, -0.05) is 0 Å². The van der Waals surface area contributed by atoms with Crippen LogP contribution in [-0.4, -0.2) is 83.9 Å². The molecule has 50 heavy (non-hydrogen) atoms. The van der Waals surface area contributed by atoms with E-state index in [-0.39, 0.29) is 43.8 Å². The summed E-state index contributed by atoms with van der Waals surface area (Å²) in [5.74, 6) is -0.738. The minimum absolute atomic E-state index is 0.0912. The topological polar surface area (TPSA) is 188 Å².